The van der Waals surface area contributed by atoms with Crippen LogP contribution in [0.15, 0.2) is 60.7 Å². The number of alkyl halides is 1. The first-order valence-corrected chi connectivity index (χ1v) is 15.7. The van der Waals surface area contributed by atoms with E-state index in [1.54, 1.807) is 0 Å². The molecule has 2 atom stereocenters. The van der Waals surface area contributed by atoms with Crippen molar-refractivity contribution in [3.8, 4) is 0 Å². The third kappa shape index (κ3) is 6.10. The van der Waals surface area contributed by atoms with Crippen LogP contribution in [0, 0.1) is 0 Å². The Labute approximate surface area is 233 Å². The first-order chi connectivity index (χ1) is 17.8. The van der Waals surface area contributed by atoms with Crippen LogP contribution in [-0.2, 0) is 18.7 Å². The first kappa shape index (κ1) is 30.2. The van der Waals surface area contributed by atoms with Gasteiger partial charge in [-0.15, -0.1) is 11.6 Å². The molecule has 2 aromatic rings. The highest BCUT2D eigenvalue weighted by Gasteiger charge is 2.59. The van der Waals surface area contributed by atoms with E-state index in [2.05, 4.69) is 45.0 Å². The molecule has 1 aliphatic heterocycles. The van der Waals surface area contributed by atoms with Gasteiger partial charge in [-0.1, -0.05) is 81.4 Å². The summed E-state index contributed by atoms with van der Waals surface area (Å²) in [5.74, 6) is -0.108. The standard InChI is InChI=1S/C30H42ClNO5Si/c1-28(2,3)36-27(34)32-22-23(21-30(32,19-14-20-31)26(33)35-7)37-38(29(4,5)6,24-15-10-8-11-16-24)25-17-12-9-13-18-25/h8-13,15-18,23H,14,19-22H2,1-7H3/t23-,30?/m1/s1. The average Bonchev–Trinajstić information content (AvgIpc) is 3.24. The summed E-state index contributed by atoms with van der Waals surface area (Å²) in [6.45, 7) is 12.3. The second-order valence-corrected chi connectivity index (χ2v) is 16.6. The van der Waals surface area contributed by atoms with Gasteiger partial charge < -0.3 is 13.9 Å². The molecule has 1 unspecified atom stereocenters. The van der Waals surface area contributed by atoms with Crippen molar-refractivity contribution in [3.05, 3.63) is 60.7 Å². The Morgan fingerprint density at radius 3 is 1.92 bits per heavy atom. The minimum atomic E-state index is -2.92. The topological polar surface area (TPSA) is 65.1 Å². The summed E-state index contributed by atoms with van der Waals surface area (Å²) in [7, 11) is -1.57. The Kier molecular flexibility index (Phi) is 9.38. The van der Waals surface area contributed by atoms with Crippen LogP contribution in [0.5, 0.6) is 0 Å². The molecule has 0 bridgehead atoms. The predicted molar refractivity (Wildman–Crippen MR) is 155 cm³/mol. The van der Waals surface area contributed by atoms with Gasteiger partial charge in [0.15, 0.2) is 0 Å². The molecule has 1 heterocycles. The highest BCUT2D eigenvalue weighted by atomic mass is 35.5. The number of hydrogen-bond acceptors (Lipinski definition) is 5. The number of benzene rings is 2. The van der Waals surface area contributed by atoms with E-state index in [4.69, 9.17) is 25.5 Å². The Morgan fingerprint density at radius 2 is 1.50 bits per heavy atom. The van der Waals surface area contributed by atoms with Gasteiger partial charge in [0.2, 0.25) is 0 Å². The van der Waals surface area contributed by atoms with Gasteiger partial charge in [-0.25, -0.2) is 9.59 Å². The van der Waals surface area contributed by atoms with Gasteiger partial charge in [0, 0.05) is 12.3 Å². The first-order valence-electron chi connectivity index (χ1n) is 13.2. The Morgan fingerprint density at radius 1 is 0.974 bits per heavy atom. The van der Waals surface area contributed by atoms with E-state index in [0.717, 1.165) is 10.4 Å². The molecular formula is C30H42ClNO5Si. The minimum Gasteiger partial charge on any atom is -0.467 e. The van der Waals surface area contributed by atoms with E-state index < -0.39 is 37.6 Å². The van der Waals surface area contributed by atoms with Crippen molar-refractivity contribution < 1.29 is 23.5 Å². The van der Waals surface area contributed by atoms with Crippen LogP contribution in [0.25, 0.3) is 0 Å². The van der Waals surface area contributed by atoms with Crippen LogP contribution < -0.4 is 10.4 Å². The number of halogens is 1. The molecule has 1 amide bonds. The summed E-state index contributed by atoms with van der Waals surface area (Å²) < 4.78 is 18.4. The normalized spacial score (nSPS) is 20.3. The number of likely N-dealkylation sites (tertiary alicyclic amines) is 1. The number of ether oxygens (including phenoxy) is 2. The molecule has 1 fully saturated rings. The lowest BCUT2D eigenvalue weighted by atomic mass is 9.90. The quantitative estimate of drug-likeness (QED) is 0.243. The molecule has 208 valence electrons. The summed E-state index contributed by atoms with van der Waals surface area (Å²) in [6, 6.07) is 20.7. The molecule has 38 heavy (non-hydrogen) atoms. The molecule has 6 nitrogen and oxygen atoms in total. The monoisotopic (exact) mass is 559 g/mol. The highest BCUT2D eigenvalue weighted by molar-refractivity contribution is 6.99. The van der Waals surface area contributed by atoms with E-state index in [-0.39, 0.29) is 11.6 Å². The van der Waals surface area contributed by atoms with Crippen LogP contribution in [0.3, 0.4) is 0 Å². The molecule has 1 saturated heterocycles. The van der Waals surface area contributed by atoms with Gasteiger partial charge in [0.05, 0.1) is 19.8 Å². The maximum atomic E-state index is 13.5. The fraction of sp³-hybridized carbons (Fsp3) is 0.533. The number of hydrogen-bond donors (Lipinski definition) is 0. The van der Waals surface area contributed by atoms with Crippen molar-refractivity contribution in [1.29, 1.82) is 0 Å². The third-order valence-electron chi connectivity index (χ3n) is 7.13. The number of nitrogens with zero attached hydrogens (tertiary/aromatic N) is 1. The number of carbonyl (C=O) groups excluding carboxylic acids is 2. The number of carbonyl (C=O) groups is 2. The molecule has 0 spiro atoms. The second kappa shape index (κ2) is 11.8. The smallest absolute Gasteiger partial charge is 0.411 e. The number of amides is 1. The molecule has 2 aromatic carbocycles. The Hall–Kier alpha value is -2.35. The van der Waals surface area contributed by atoms with E-state index in [1.165, 1.54) is 12.0 Å². The molecular weight excluding hydrogens is 518 g/mol. The number of rotatable bonds is 8. The van der Waals surface area contributed by atoms with E-state index in [0.29, 0.717) is 25.1 Å². The molecule has 1 aliphatic rings. The van der Waals surface area contributed by atoms with Gasteiger partial charge in [-0.2, -0.15) is 0 Å². The second-order valence-electron chi connectivity index (χ2n) is 12.0. The average molecular weight is 560 g/mol. The van der Waals surface area contributed by atoms with E-state index in [1.807, 2.05) is 57.2 Å². The van der Waals surface area contributed by atoms with Crippen molar-refractivity contribution in [1.82, 2.24) is 4.90 Å². The summed E-state index contributed by atoms with van der Waals surface area (Å²) in [5.41, 5.74) is -1.94. The number of esters is 1. The van der Waals surface area contributed by atoms with Crippen molar-refractivity contribution in [2.45, 2.75) is 83.1 Å². The van der Waals surface area contributed by atoms with Crippen LogP contribution in [0.2, 0.25) is 5.04 Å². The Balaban J connectivity index is 2.15. The van der Waals surface area contributed by atoms with Crippen LogP contribution in [-0.4, -0.2) is 62.1 Å². The van der Waals surface area contributed by atoms with Crippen molar-refractivity contribution in [3.63, 3.8) is 0 Å². The van der Waals surface area contributed by atoms with E-state index in [9.17, 15) is 9.59 Å². The van der Waals surface area contributed by atoms with Crippen LogP contribution >= 0.6 is 11.6 Å². The third-order valence-corrected chi connectivity index (χ3v) is 12.5. The zero-order chi connectivity index (χ0) is 28.2. The molecule has 8 heteroatoms. The highest BCUT2D eigenvalue weighted by Crippen LogP contribution is 2.43. The lowest BCUT2D eigenvalue weighted by Crippen LogP contribution is -2.67. The maximum Gasteiger partial charge on any atom is 0.411 e. The largest absolute Gasteiger partial charge is 0.467 e. The van der Waals surface area contributed by atoms with Crippen molar-refractivity contribution in [2.24, 2.45) is 0 Å². The molecule has 0 radical (unpaired) electrons. The zero-order valence-electron chi connectivity index (χ0n) is 23.8. The fourth-order valence-corrected chi connectivity index (χ4v) is 10.4. The van der Waals surface area contributed by atoms with Gasteiger partial charge >= 0.3 is 12.1 Å². The van der Waals surface area contributed by atoms with Crippen molar-refractivity contribution >= 4 is 42.4 Å². The SMILES string of the molecule is COC(=O)C1(CCCCl)C[C@@H](O[Si](c2ccccc2)(c2ccccc2)C(C)(C)C)CN1C(=O)OC(C)(C)C. The lowest BCUT2D eigenvalue weighted by Gasteiger charge is -2.44. The summed E-state index contributed by atoms with van der Waals surface area (Å²) in [5, 5.41) is 2.02. The Bertz CT molecular complexity index is 1040. The lowest BCUT2D eigenvalue weighted by molar-refractivity contribution is -0.153. The van der Waals surface area contributed by atoms with Gasteiger partial charge in [0.1, 0.15) is 11.1 Å². The van der Waals surface area contributed by atoms with Crippen molar-refractivity contribution in [2.75, 3.05) is 19.5 Å². The van der Waals surface area contributed by atoms with Gasteiger partial charge in [0.25, 0.3) is 8.32 Å². The molecule has 0 aromatic heterocycles. The predicted octanol–water partition coefficient (Wildman–Crippen LogP) is 5.50. The zero-order valence-corrected chi connectivity index (χ0v) is 25.5. The summed E-state index contributed by atoms with van der Waals surface area (Å²) >= 11 is 6.08. The van der Waals surface area contributed by atoms with Gasteiger partial charge in [-0.3, -0.25) is 4.90 Å². The minimum absolute atomic E-state index is 0.219. The maximum absolute atomic E-state index is 13.5. The summed E-state index contributed by atoms with van der Waals surface area (Å²) in [6.07, 6.45) is 0.250. The van der Waals surface area contributed by atoms with Crippen LogP contribution in [0.4, 0.5) is 4.79 Å². The molecule has 3 rings (SSSR count). The van der Waals surface area contributed by atoms with Gasteiger partial charge in [-0.05, 0) is 49.0 Å². The summed E-state index contributed by atoms with van der Waals surface area (Å²) in [4.78, 5) is 28.5. The van der Waals surface area contributed by atoms with E-state index >= 15 is 0 Å². The fourth-order valence-electron chi connectivity index (χ4n) is 5.60. The molecule has 0 saturated carbocycles. The molecule has 0 aliphatic carbocycles. The van der Waals surface area contributed by atoms with Crippen LogP contribution in [0.1, 0.15) is 60.8 Å². The number of methoxy groups -OCH3 is 1. The molecule has 0 N–H and O–H groups in total.